The van der Waals surface area contributed by atoms with Gasteiger partial charge in [-0.15, -0.1) is 0 Å². The number of hydrogen-bond acceptors (Lipinski definition) is 5. The first kappa shape index (κ1) is 20.5. The van der Waals surface area contributed by atoms with Crippen molar-refractivity contribution >= 4 is 16.1 Å². The van der Waals surface area contributed by atoms with Gasteiger partial charge in [-0.3, -0.25) is 4.79 Å². The third-order valence-electron chi connectivity index (χ3n) is 6.67. The summed E-state index contributed by atoms with van der Waals surface area (Å²) in [5.74, 6) is -0.379. The van der Waals surface area contributed by atoms with Crippen LogP contribution in [0.15, 0.2) is 0 Å². The van der Waals surface area contributed by atoms with E-state index >= 15 is 0 Å². The minimum atomic E-state index is -3.39. The molecule has 0 aromatic rings. The van der Waals surface area contributed by atoms with Crippen molar-refractivity contribution in [3.05, 3.63) is 0 Å². The summed E-state index contributed by atoms with van der Waals surface area (Å²) >= 11 is 0. The van der Waals surface area contributed by atoms with Gasteiger partial charge in [-0.2, -0.15) is 17.0 Å². The Morgan fingerprint density at radius 1 is 0.786 bits per heavy atom. The van der Waals surface area contributed by atoms with Crippen molar-refractivity contribution in [1.29, 1.82) is 0 Å². The normalized spacial score (nSPS) is 28.5. The molecule has 0 aromatic heterocycles. The van der Waals surface area contributed by atoms with E-state index in [1.54, 1.807) is 8.61 Å². The first-order valence-electron chi connectivity index (χ1n) is 10.8. The van der Waals surface area contributed by atoms with E-state index in [1.165, 1.54) is 0 Å². The van der Waals surface area contributed by atoms with E-state index in [0.29, 0.717) is 65.3 Å². The molecule has 0 atom stereocenters. The van der Waals surface area contributed by atoms with Crippen LogP contribution in [0.25, 0.3) is 0 Å². The van der Waals surface area contributed by atoms with Crippen molar-refractivity contribution in [2.45, 2.75) is 57.2 Å². The summed E-state index contributed by atoms with van der Waals surface area (Å²) in [5.41, 5.74) is 0. The van der Waals surface area contributed by atoms with Gasteiger partial charge in [-0.05, 0) is 25.7 Å². The van der Waals surface area contributed by atoms with Crippen LogP contribution in [0.5, 0.6) is 0 Å². The van der Waals surface area contributed by atoms with Gasteiger partial charge in [-0.25, -0.2) is 0 Å². The number of amides is 1. The Bertz CT molecular complexity index is 638. The standard InChI is InChI=1S/C19H33N3O5S/c23-18(20-13-7-19(8-14-20)26-15-16-27-19)17-5-11-22(12-6-17)28(24,25)21-9-3-1-2-4-10-21/h17H,1-16H2. The summed E-state index contributed by atoms with van der Waals surface area (Å²) < 4.78 is 40.6. The van der Waals surface area contributed by atoms with Crippen LogP contribution in [0.4, 0.5) is 0 Å². The molecule has 4 heterocycles. The molecule has 4 aliphatic rings. The predicted molar refractivity (Wildman–Crippen MR) is 104 cm³/mol. The lowest BCUT2D eigenvalue weighted by atomic mass is 9.94. The predicted octanol–water partition coefficient (Wildman–Crippen LogP) is 1.18. The molecule has 4 saturated heterocycles. The number of carbonyl (C=O) groups excluding carboxylic acids is 1. The van der Waals surface area contributed by atoms with E-state index in [0.717, 1.165) is 38.5 Å². The zero-order chi connectivity index (χ0) is 19.6. The van der Waals surface area contributed by atoms with Crippen LogP contribution in [0, 0.1) is 5.92 Å². The fourth-order valence-corrected chi connectivity index (χ4v) is 6.60. The molecule has 4 rings (SSSR count). The largest absolute Gasteiger partial charge is 0.347 e. The molecule has 8 nitrogen and oxygen atoms in total. The van der Waals surface area contributed by atoms with Crippen molar-refractivity contribution in [3.63, 3.8) is 0 Å². The maximum absolute atomic E-state index is 12.9. The third kappa shape index (κ3) is 4.23. The number of nitrogens with zero attached hydrogens (tertiary/aromatic N) is 3. The lowest BCUT2D eigenvalue weighted by Gasteiger charge is -2.40. The van der Waals surface area contributed by atoms with Crippen molar-refractivity contribution in [3.8, 4) is 0 Å². The molecule has 1 spiro atoms. The molecule has 0 bridgehead atoms. The maximum atomic E-state index is 12.9. The number of rotatable bonds is 3. The van der Waals surface area contributed by atoms with Gasteiger partial charge < -0.3 is 14.4 Å². The maximum Gasteiger partial charge on any atom is 0.281 e. The van der Waals surface area contributed by atoms with Crippen molar-refractivity contribution < 1.29 is 22.7 Å². The molecule has 0 aromatic carbocycles. The molecule has 0 unspecified atom stereocenters. The second kappa shape index (κ2) is 8.55. The minimum absolute atomic E-state index is 0.0740. The molecule has 4 aliphatic heterocycles. The van der Waals surface area contributed by atoms with Crippen LogP contribution < -0.4 is 0 Å². The summed E-state index contributed by atoms with van der Waals surface area (Å²) in [7, 11) is -3.39. The smallest absolute Gasteiger partial charge is 0.281 e. The Balaban J connectivity index is 1.28. The monoisotopic (exact) mass is 415 g/mol. The van der Waals surface area contributed by atoms with E-state index in [-0.39, 0.29) is 11.8 Å². The minimum Gasteiger partial charge on any atom is -0.347 e. The molecular weight excluding hydrogens is 382 g/mol. The molecule has 0 saturated carbocycles. The first-order chi connectivity index (χ1) is 13.5. The van der Waals surface area contributed by atoms with E-state index in [2.05, 4.69) is 0 Å². The van der Waals surface area contributed by atoms with E-state index in [9.17, 15) is 13.2 Å². The van der Waals surface area contributed by atoms with Gasteiger partial charge in [0.25, 0.3) is 10.2 Å². The molecule has 1 amide bonds. The zero-order valence-corrected chi connectivity index (χ0v) is 17.5. The number of piperidine rings is 2. The Morgan fingerprint density at radius 2 is 1.32 bits per heavy atom. The zero-order valence-electron chi connectivity index (χ0n) is 16.7. The molecule has 0 N–H and O–H groups in total. The quantitative estimate of drug-likeness (QED) is 0.692. The van der Waals surface area contributed by atoms with Crippen molar-refractivity contribution in [2.75, 3.05) is 52.5 Å². The lowest BCUT2D eigenvalue weighted by molar-refractivity contribution is -0.188. The van der Waals surface area contributed by atoms with Crippen LogP contribution >= 0.6 is 0 Å². The van der Waals surface area contributed by atoms with Gasteiger partial charge in [0.1, 0.15) is 0 Å². The highest BCUT2D eigenvalue weighted by atomic mass is 32.2. The van der Waals surface area contributed by atoms with Gasteiger partial charge in [-0.1, -0.05) is 12.8 Å². The van der Waals surface area contributed by atoms with Crippen molar-refractivity contribution in [2.24, 2.45) is 5.92 Å². The van der Waals surface area contributed by atoms with Gasteiger partial charge in [0.2, 0.25) is 5.91 Å². The van der Waals surface area contributed by atoms with Crippen molar-refractivity contribution in [1.82, 2.24) is 13.5 Å². The first-order valence-corrected chi connectivity index (χ1v) is 12.2. The Kier molecular flexibility index (Phi) is 6.27. The third-order valence-corrected chi connectivity index (χ3v) is 8.71. The molecule has 160 valence electrons. The Labute approximate surface area is 168 Å². The molecule has 28 heavy (non-hydrogen) atoms. The average molecular weight is 416 g/mol. The van der Waals surface area contributed by atoms with Gasteiger partial charge in [0, 0.05) is 58.0 Å². The molecular formula is C19H33N3O5S. The SMILES string of the molecule is O=C(C1CCN(S(=O)(=O)N2CCCCCC2)CC1)N1CCC2(CC1)OCCO2. The summed E-state index contributed by atoms with van der Waals surface area (Å²) in [4.78, 5) is 14.8. The fourth-order valence-electron chi connectivity index (χ4n) is 4.88. The van der Waals surface area contributed by atoms with Crippen LogP contribution in [-0.4, -0.2) is 86.1 Å². The second-order valence-corrected chi connectivity index (χ2v) is 10.4. The average Bonchev–Trinajstić information content (AvgIpc) is 2.99. The van der Waals surface area contributed by atoms with Crippen LogP contribution in [0.2, 0.25) is 0 Å². The molecule has 9 heteroatoms. The molecule has 4 fully saturated rings. The van der Waals surface area contributed by atoms with Gasteiger partial charge in [0.15, 0.2) is 5.79 Å². The Morgan fingerprint density at radius 3 is 1.89 bits per heavy atom. The van der Waals surface area contributed by atoms with Gasteiger partial charge in [0.05, 0.1) is 13.2 Å². The second-order valence-electron chi connectivity index (χ2n) is 8.43. The summed E-state index contributed by atoms with van der Waals surface area (Å²) in [6.45, 7) is 4.73. The molecule has 0 radical (unpaired) electrons. The van der Waals surface area contributed by atoms with Gasteiger partial charge >= 0.3 is 0 Å². The highest BCUT2D eigenvalue weighted by Crippen LogP contribution is 2.33. The van der Waals surface area contributed by atoms with E-state index < -0.39 is 16.0 Å². The van der Waals surface area contributed by atoms with E-state index in [1.807, 2.05) is 4.90 Å². The highest BCUT2D eigenvalue weighted by molar-refractivity contribution is 7.86. The lowest BCUT2D eigenvalue weighted by Crippen LogP contribution is -2.52. The molecule has 0 aliphatic carbocycles. The number of ether oxygens (including phenoxy) is 2. The van der Waals surface area contributed by atoms with Crippen LogP contribution in [-0.2, 0) is 24.5 Å². The number of hydrogen-bond donors (Lipinski definition) is 0. The highest BCUT2D eigenvalue weighted by Gasteiger charge is 2.42. The topological polar surface area (TPSA) is 79.4 Å². The Hall–Kier alpha value is -0.740. The summed E-state index contributed by atoms with van der Waals surface area (Å²) in [5, 5.41) is 0. The van der Waals surface area contributed by atoms with E-state index in [4.69, 9.17) is 9.47 Å². The summed E-state index contributed by atoms with van der Waals surface area (Å²) in [6, 6.07) is 0. The van der Waals surface area contributed by atoms with Crippen LogP contribution in [0.1, 0.15) is 51.4 Å². The number of carbonyl (C=O) groups is 1. The summed E-state index contributed by atoms with van der Waals surface area (Å²) in [6.07, 6.45) is 6.77. The number of likely N-dealkylation sites (tertiary alicyclic amines) is 1. The fraction of sp³-hybridized carbons (Fsp3) is 0.947. The van der Waals surface area contributed by atoms with Crippen LogP contribution in [0.3, 0.4) is 0 Å².